The molecule has 2 aliphatic rings. The Bertz CT molecular complexity index is 1370. The van der Waals surface area contributed by atoms with E-state index in [0.717, 1.165) is 34.9 Å². The number of H-pyrrole nitrogens is 1. The summed E-state index contributed by atoms with van der Waals surface area (Å²) in [5, 5.41) is 18.4. The predicted octanol–water partition coefficient (Wildman–Crippen LogP) is 0.808. The lowest BCUT2D eigenvalue weighted by molar-refractivity contribution is -0.0465. The highest BCUT2D eigenvalue weighted by molar-refractivity contribution is 7.51. The summed E-state index contributed by atoms with van der Waals surface area (Å²) in [6.07, 6.45) is 0.105. The molecule has 15 heteroatoms. The van der Waals surface area contributed by atoms with Crippen LogP contribution in [-0.4, -0.2) is 66.4 Å². The fourth-order valence-electron chi connectivity index (χ4n) is 4.16. The average molecular weight is 510 g/mol. The Balaban J connectivity index is 1.34. The number of piperidine rings is 1. The molecule has 5 rings (SSSR count). The number of aliphatic hydroxyl groups excluding tert-OH is 1. The minimum Gasteiger partial charge on any atom is -0.390 e. The van der Waals surface area contributed by atoms with Gasteiger partial charge in [0.05, 0.1) is 18.9 Å². The number of nitrogens with one attached hydrogen (secondary N) is 1. The molecule has 0 aliphatic carbocycles. The van der Waals surface area contributed by atoms with Crippen molar-refractivity contribution in [3.63, 3.8) is 0 Å². The Morgan fingerprint density at radius 2 is 2.00 bits per heavy atom. The fraction of sp³-hybridized carbons (Fsp3) is 0.500. The molecule has 2 fully saturated rings. The molecule has 188 valence electrons. The lowest BCUT2D eigenvalue weighted by atomic mass is 10.2. The van der Waals surface area contributed by atoms with Crippen molar-refractivity contribution in [1.29, 1.82) is 0 Å². The number of rotatable bonds is 7. The number of benzene rings is 1. The largest absolute Gasteiger partial charge is 0.481 e. The van der Waals surface area contributed by atoms with Gasteiger partial charge in [-0.15, -0.1) is 5.10 Å². The number of aliphatic hydroxyl groups is 1. The molecule has 4 heterocycles. The van der Waals surface area contributed by atoms with Crippen molar-refractivity contribution in [3.8, 4) is 0 Å². The molecule has 0 saturated carbocycles. The van der Waals surface area contributed by atoms with Crippen molar-refractivity contribution in [1.82, 2.24) is 29.4 Å². The Kier molecular flexibility index (Phi) is 6.55. The van der Waals surface area contributed by atoms with Gasteiger partial charge in [0, 0.05) is 19.5 Å². The number of para-hydroxylation sites is 1. The third-order valence-corrected chi connectivity index (χ3v) is 7.95. The van der Waals surface area contributed by atoms with Crippen LogP contribution in [0.2, 0.25) is 0 Å². The molecule has 2 aromatic heterocycles. The minimum atomic E-state index is -3.96. The van der Waals surface area contributed by atoms with Crippen LogP contribution in [0, 0.1) is 5.82 Å². The van der Waals surface area contributed by atoms with Gasteiger partial charge < -0.3 is 14.5 Å². The number of aromatic nitrogens is 5. The van der Waals surface area contributed by atoms with E-state index in [2.05, 4.69) is 10.3 Å². The van der Waals surface area contributed by atoms with Gasteiger partial charge in [-0.05, 0) is 30.2 Å². The van der Waals surface area contributed by atoms with E-state index in [1.165, 1.54) is 0 Å². The zero-order valence-electron chi connectivity index (χ0n) is 18.5. The molecule has 4 atom stereocenters. The summed E-state index contributed by atoms with van der Waals surface area (Å²) < 4.78 is 47.3. The van der Waals surface area contributed by atoms with E-state index in [0.29, 0.717) is 24.1 Å². The van der Waals surface area contributed by atoms with Crippen LogP contribution in [0.1, 0.15) is 31.9 Å². The van der Waals surface area contributed by atoms with Gasteiger partial charge >= 0.3 is 13.4 Å². The smallest absolute Gasteiger partial charge is 0.390 e. The van der Waals surface area contributed by atoms with Gasteiger partial charge in [0.1, 0.15) is 23.4 Å². The van der Waals surface area contributed by atoms with Crippen molar-refractivity contribution in [3.05, 3.63) is 57.1 Å². The molecular formula is C20H24FN6O7P. The monoisotopic (exact) mass is 510 g/mol. The molecule has 0 spiro atoms. The topological polar surface area (TPSA) is 154 Å². The quantitative estimate of drug-likeness (QED) is 0.437. The highest BCUT2D eigenvalue weighted by atomic mass is 31.2. The van der Waals surface area contributed by atoms with Crippen LogP contribution in [0.3, 0.4) is 0 Å². The first-order valence-electron chi connectivity index (χ1n) is 11.2. The zero-order chi connectivity index (χ0) is 24.6. The third kappa shape index (κ3) is 4.80. The summed E-state index contributed by atoms with van der Waals surface area (Å²) in [4.78, 5) is 26.3. The van der Waals surface area contributed by atoms with Crippen molar-refractivity contribution >= 4 is 18.8 Å². The number of halogens is 1. The van der Waals surface area contributed by atoms with Crippen LogP contribution >= 0.6 is 7.75 Å². The first-order chi connectivity index (χ1) is 16.8. The zero-order valence-corrected chi connectivity index (χ0v) is 19.4. The van der Waals surface area contributed by atoms with Gasteiger partial charge in [0.15, 0.2) is 0 Å². The minimum absolute atomic E-state index is 0.0675. The van der Waals surface area contributed by atoms with E-state index in [1.54, 1.807) is 28.9 Å². The van der Waals surface area contributed by atoms with Crippen LogP contribution in [0.5, 0.6) is 0 Å². The van der Waals surface area contributed by atoms with E-state index in [-0.39, 0.29) is 13.0 Å². The van der Waals surface area contributed by atoms with Gasteiger partial charge in [-0.1, -0.05) is 23.4 Å². The molecule has 0 radical (unpaired) electrons. The van der Waals surface area contributed by atoms with Crippen molar-refractivity contribution in [2.45, 2.75) is 44.1 Å². The Hall–Kier alpha value is -2.90. The lowest BCUT2D eigenvalue weighted by Gasteiger charge is -2.32. The average Bonchev–Trinajstić information content (AvgIpc) is 3.44. The second kappa shape index (κ2) is 9.63. The fourth-order valence-corrected chi connectivity index (χ4v) is 5.90. The SMILES string of the molecule is O=c1[nH]c(=O)n([C@H]2C[C@H](O)[C@@H](COP(=O)(On3nnc4ccccc43)N3CCCCC3)O2)cc1F. The lowest BCUT2D eigenvalue weighted by Crippen LogP contribution is -2.35. The summed E-state index contributed by atoms with van der Waals surface area (Å²) in [7, 11) is -3.96. The molecule has 0 bridgehead atoms. The molecule has 35 heavy (non-hydrogen) atoms. The van der Waals surface area contributed by atoms with Crippen molar-refractivity contribution in [2.24, 2.45) is 0 Å². The van der Waals surface area contributed by atoms with Gasteiger partial charge in [0.2, 0.25) is 5.82 Å². The normalized spacial score (nSPS) is 25.0. The standard InChI is InChI=1S/C20H24FN6O7P/c21-13-11-26(20(30)22-19(13)29)18-10-16(28)17(33-18)12-32-35(31,25-8-4-1-5-9-25)34-27-15-7-3-2-6-14(15)23-24-27/h2-3,6-7,11,16-18,28H,1,4-5,8-10,12H2,(H,22,29,30)/t16-,17+,18+,35?/m0/s1. The van der Waals surface area contributed by atoms with E-state index in [9.17, 15) is 23.7 Å². The number of hydrogen-bond acceptors (Lipinski definition) is 9. The predicted molar refractivity (Wildman–Crippen MR) is 119 cm³/mol. The van der Waals surface area contributed by atoms with Crippen LogP contribution in [0.4, 0.5) is 4.39 Å². The summed E-state index contributed by atoms with van der Waals surface area (Å²) in [6, 6.07) is 7.00. The second-order valence-corrected chi connectivity index (χ2v) is 10.3. The van der Waals surface area contributed by atoms with Crippen LogP contribution < -0.4 is 15.9 Å². The van der Waals surface area contributed by atoms with E-state index >= 15 is 0 Å². The van der Waals surface area contributed by atoms with Gasteiger partial charge in [-0.25, -0.2) is 9.36 Å². The van der Waals surface area contributed by atoms with E-state index in [1.807, 2.05) is 4.98 Å². The summed E-state index contributed by atoms with van der Waals surface area (Å²) in [5.74, 6) is -1.16. The number of fused-ring (bicyclic) bond motifs is 1. The summed E-state index contributed by atoms with van der Waals surface area (Å²) in [5.41, 5.74) is -0.973. The molecule has 2 aliphatic heterocycles. The van der Waals surface area contributed by atoms with Crippen LogP contribution in [0.25, 0.3) is 11.0 Å². The summed E-state index contributed by atoms with van der Waals surface area (Å²) in [6.45, 7) is 0.623. The second-order valence-electron chi connectivity index (χ2n) is 8.39. The van der Waals surface area contributed by atoms with E-state index in [4.69, 9.17) is 13.9 Å². The molecule has 2 N–H and O–H groups in total. The van der Waals surface area contributed by atoms with Crippen LogP contribution in [-0.2, 0) is 13.8 Å². The van der Waals surface area contributed by atoms with Gasteiger partial charge in [-0.2, -0.15) is 9.06 Å². The highest BCUT2D eigenvalue weighted by Crippen LogP contribution is 2.51. The molecule has 13 nitrogen and oxygen atoms in total. The van der Waals surface area contributed by atoms with Crippen molar-refractivity contribution in [2.75, 3.05) is 19.7 Å². The highest BCUT2D eigenvalue weighted by Gasteiger charge is 2.42. The summed E-state index contributed by atoms with van der Waals surface area (Å²) >= 11 is 0. The number of ether oxygens (including phenoxy) is 1. The van der Waals surface area contributed by atoms with Crippen molar-refractivity contribution < 1.29 is 27.9 Å². The third-order valence-electron chi connectivity index (χ3n) is 6.02. The molecule has 1 aromatic carbocycles. The van der Waals surface area contributed by atoms with Gasteiger partial charge in [-0.3, -0.25) is 18.9 Å². The molecule has 3 aromatic rings. The van der Waals surface area contributed by atoms with Gasteiger partial charge in [0.25, 0.3) is 5.56 Å². The number of nitrogens with zero attached hydrogens (tertiary/aromatic N) is 5. The Morgan fingerprint density at radius 1 is 1.23 bits per heavy atom. The Labute approximate surface area is 197 Å². The molecule has 2 saturated heterocycles. The maximum atomic E-state index is 13.9. The maximum Gasteiger partial charge on any atom is 0.481 e. The number of hydrogen-bond donors (Lipinski definition) is 2. The molecule has 1 unspecified atom stereocenters. The Morgan fingerprint density at radius 3 is 2.80 bits per heavy atom. The maximum absolute atomic E-state index is 13.9. The first kappa shape index (κ1) is 23.8. The number of aromatic amines is 1. The van der Waals surface area contributed by atoms with E-state index < -0.39 is 43.2 Å². The molecular weight excluding hydrogens is 486 g/mol. The first-order valence-corrected chi connectivity index (χ1v) is 12.7. The van der Waals surface area contributed by atoms with Crippen LogP contribution in [0.15, 0.2) is 40.1 Å². The molecule has 0 amide bonds.